The van der Waals surface area contributed by atoms with Gasteiger partial charge in [-0.25, -0.2) is 0 Å². The largest absolute Gasteiger partial charge is 0.291 e. The Labute approximate surface area is 115 Å². The number of nitrogens with zero attached hydrogens (tertiary/aromatic N) is 1. The van der Waals surface area contributed by atoms with Gasteiger partial charge in [0.25, 0.3) is 0 Å². The molecule has 0 saturated carbocycles. The van der Waals surface area contributed by atoms with Gasteiger partial charge in [0.05, 0.1) is 11.0 Å². The number of rotatable bonds is 7. The molecule has 0 amide bonds. The first-order valence-corrected chi connectivity index (χ1v) is 7.45. The Morgan fingerprint density at radius 2 is 1.95 bits per heavy atom. The zero-order chi connectivity index (χ0) is 13.5. The monoisotopic (exact) mass is 260 g/mol. The molecule has 0 aliphatic heterocycles. The molecule has 0 saturated heterocycles. The maximum absolute atomic E-state index is 9.25. The minimum absolute atomic E-state index is 0.796. The van der Waals surface area contributed by atoms with E-state index in [1.54, 1.807) is 0 Å². The average Bonchev–Trinajstić information content (AvgIpc) is 2.46. The lowest BCUT2D eigenvalue weighted by Gasteiger charge is -2.08. The van der Waals surface area contributed by atoms with Crippen LogP contribution in [0.5, 0.6) is 0 Å². The van der Waals surface area contributed by atoms with Crippen molar-refractivity contribution in [3.05, 3.63) is 22.3 Å². The van der Waals surface area contributed by atoms with Gasteiger partial charge in [0.1, 0.15) is 0 Å². The molecule has 2 N–H and O–H groups in total. The lowest BCUT2D eigenvalue weighted by molar-refractivity contribution is 0.388. The normalized spacial score (nSPS) is 13.4. The summed E-state index contributed by atoms with van der Waals surface area (Å²) >= 11 is 0. The molecular weight excluding hydrogens is 236 g/mol. The van der Waals surface area contributed by atoms with E-state index in [2.05, 4.69) is 24.6 Å². The van der Waals surface area contributed by atoms with Crippen LogP contribution in [0.4, 0.5) is 5.69 Å². The first-order chi connectivity index (χ1) is 9.35. The summed E-state index contributed by atoms with van der Waals surface area (Å²) in [6.07, 6.45) is 13.7. The van der Waals surface area contributed by atoms with Crippen molar-refractivity contribution in [1.82, 2.24) is 4.98 Å². The second kappa shape index (κ2) is 7.29. The van der Waals surface area contributed by atoms with Crippen molar-refractivity contribution in [1.29, 1.82) is 0 Å². The molecule has 19 heavy (non-hydrogen) atoms. The van der Waals surface area contributed by atoms with Gasteiger partial charge in [-0.05, 0) is 31.7 Å². The summed E-state index contributed by atoms with van der Waals surface area (Å²) in [5, 5.41) is 11.3. The van der Waals surface area contributed by atoms with Gasteiger partial charge >= 0.3 is 0 Å². The maximum Gasteiger partial charge on any atom is 0.0710 e. The van der Waals surface area contributed by atoms with E-state index in [9.17, 15) is 5.21 Å². The molecule has 0 atom stereocenters. The number of pyridine rings is 1. The molecule has 0 unspecified atom stereocenters. The number of anilines is 1. The van der Waals surface area contributed by atoms with Gasteiger partial charge in [0, 0.05) is 10.9 Å². The van der Waals surface area contributed by atoms with E-state index in [1.807, 2.05) is 6.07 Å². The van der Waals surface area contributed by atoms with Crippen LogP contribution in [0.2, 0.25) is 0 Å². The highest BCUT2D eigenvalue weighted by Gasteiger charge is 2.04. The third kappa shape index (κ3) is 3.80. The minimum atomic E-state index is 0.796. The summed E-state index contributed by atoms with van der Waals surface area (Å²) < 4.78 is 0. The lowest BCUT2D eigenvalue weighted by Crippen LogP contribution is -2.33. The lowest BCUT2D eigenvalue weighted by atomic mass is 10.1. The number of unbranched alkanes of at least 4 members (excludes halogenated alkanes) is 4. The third-order valence-corrected chi connectivity index (χ3v) is 3.65. The zero-order valence-electron chi connectivity index (χ0n) is 11.8. The molecule has 0 bridgehead atoms. The van der Waals surface area contributed by atoms with E-state index in [1.165, 1.54) is 32.1 Å². The Balaban J connectivity index is 2.06. The van der Waals surface area contributed by atoms with Crippen LogP contribution < -0.4 is 16.0 Å². The Hall–Kier alpha value is -1.35. The number of hydrogen-bond acceptors (Lipinski definition) is 3. The minimum Gasteiger partial charge on any atom is -0.291 e. The van der Waals surface area contributed by atoms with Crippen molar-refractivity contribution >= 4 is 17.8 Å². The molecule has 0 radical (unpaired) electrons. The van der Waals surface area contributed by atoms with Crippen molar-refractivity contribution in [2.45, 2.75) is 58.3 Å². The quantitative estimate of drug-likeness (QED) is 0.585. The number of aromatic nitrogens is 1. The third-order valence-electron chi connectivity index (χ3n) is 3.65. The number of aryl methyl sites for hydroxylation is 1. The Kier molecular flexibility index (Phi) is 5.40. The fraction of sp³-hybridized carbons (Fsp3) is 0.562. The van der Waals surface area contributed by atoms with Crippen molar-refractivity contribution in [2.75, 3.05) is 5.48 Å². The molecule has 1 aliphatic carbocycles. The molecule has 3 heteroatoms. The van der Waals surface area contributed by atoms with Crippen LogP contribution in [0.15, 0.2) is 6.07 Å². The fourth-order valence-electron chi connectivity index (χ4n) is 2.58. The highest BCUT2D eigenvalue weighted by Crippen LogP contribution is 2.09. The predicted octanol–water partition coefficient (Wildman–Crippen LogP) is 2.75. The van der Waals surface area contributed by atoms with Crippen molar-refractivity contribution < 1.29 is 5.21 Å². The van der Waals surface area contributed by atoms with Gasteiger partial charge < -0.3 is 0 Å². The van der Waals surface area contributed by atoms with Crippen LogP contribution in [0, 0.1) is 0 Å². The van der Waals surface area contributed by atoms with Crippen LogP contribution in [0.25, 0.3) is 12.2 Å². The van der Waals surface area contributed by atoms with Crippen LogP contribution in [0.3, 0.4) is 0 Å². The molecule has 0 spiro atoms. The summed E-state index contributed by atoms with van der Waals surface area (Å²) in [5.41, 5.74) is 4.19. The second-order valence-corrected chi connectivity index (χ2v) is 5.22. The molecule has 1 aromatic rings. The van der Waals surface area contributed by atoms with Gasteiger partial charge in [-0.3, -0.25) is 15.7 Å². The molecule has 0 aromatic carbocycles. The number of fused-ring (bicyclic) bond motifs is 1. The molecule has 3 nitrogen and oxygen atoms in total. The van der Waals surface area contributed by atoms with Crippen molar-refractivity contribution in [2.24, 2.45) is 0 Å². The van der Waals surface area contributed by atoms with Crippen LogP contribution in [-0.4, -0.2) is 10.2 Å². The van der Waals surface area contributed by atoms with Gasteiger partial charge in [-0.1, -0.05) is 44.8 Å². The molecule has 2 rings (SSSR count). The first kappa shape index (κ1) is 14.1. The predicted molar refractivity (Wildman–Crippen MR) is 79.5 cm³/mol. The summed E-state index contributed by atoms with van der Waals surface area (Å²) in [7, 11) is 0. The molecule has 104 valence electrons. The Morgan fingerprint density at radius 1 is 1.16 bits per heavy atom. The Bertz CT molecular complexity index is 522. The van der Waals surface area contributed by atoms with Gasteiger partial charge in [-0.15, -0.1) is 0 Å². The van der Waals surface area contributed by atoms with E-state index < -0.39 is 0 Å². The SMILES string of the molecule is CCCCCCCc1cc(NO)c2c(n1)=CCCC=2. The van der Waals surface area contributed by atoms with E-state index in [4.69, 9.17) is 4.98 Å². The number of nitrogens with one attached hydrogen (secondary N) is 1. The van der Waals surface area contributed by atoms with E-state index in [0.717, 1.165) is 41.2 Å². The summed E-state index contributed by atoms with van der Waals surface area (Å²) in [5.74, 6) is 0. The molecule has 0 fully saturated rings. The summed E-state index contributed by atoms with van der Waals surface area (Å²) in [6, 6.07) is 1.98. The highest BCUT2D eigenvalue weighted by molar-refractivity contribution is 5.51. The first-order valence-electron chi connectivity index (χ1n) is 7.45. The van der Waals surface area contributed by atoms with Crippen LogP contribution in [0.1, 0.15) is 57.6 Å². The Morgan fingerprint density at radius 3 is 2.74 bits per heavy atom. The topological polar surface area (TPSA) is 45.1 Å². The second-order valence-electron chi connectivity index (χ2n) is 5.22. The average molecular weight is 260 g/mol. The molecule has 1 aliphatic rings. The molecule has 1 heterocycles. The molecular formula is C16H24N2O. The molecule has 1 aromatic heterocycles. The van der Waals surface area contributed by atoms with Crippen molar-refractivity contribution in [3.63, 3.8) is 0 Å². The summed E-state index contributed by atoms with van der Waals surface area (Å²) in [6.45, 7) is 2.23. The van der Waals surface area contributed by atoms with Gasteiger partial charge in [0.15, 0.2) is 0 Å². The van der Waals surface area contributed by atoms with E-state index >= 15 is 0 Å². The smallest absolute Gasteiger partial charge is 0.0710 e. The number of hydrogen-bond donors (Lipinski definition) is 2. The van der Waals surface area contributed by atoms with Gasteiger partial charge in [-0.2, -0.15) is 0 Å². The van der Waals surface area contributed by atoms with Crippen LogP contribution >= 0.6 is 0 Å². The van der Waals surface area contributed by atoms with Crippen molar-refractivity contribution in [3.8, 4) is 0 Å². The standard InChI is InChI=1S/C16H24N2O/c1-2-3-4-5-6-9-13-12-16(18-19)14-10-7-8-11-15(14)17-13/h10-12,18-19H,2-9H2,1H3. The van der Waals surface area contributed by atoms with Crippen LogP contribution in [-0.2, 0) is 6.42 Å². The highest BCUT2D eigenvalue weighted by atomic mass is 16.5. The van der Waals surface area contributed by atoms with Gasteiger partial charge in [0.2, 0.25) is 0 Å². The maximum atomic E-state index is 9.25. The fourth-order valence-corrected chi connectivity index (χ4v) is 2.58. The van der Waals surface area contributed by atoms with E-state index in [0.29, 0.717) is 0 Å². The zero-order valence-corrected chi connectivity index (χ0v) is 11.8. The summed E-state index contributed by atoms with van der Waals surface area (Å²) in [4.78, 5) is 4.70. The van der Waals surface area contributed by atoms with E-state index in [-0.39, 0.29) is 0 Å².